The molecule has 118 valence electrons. The van der Waals surface area contributed by atoms with Crippen LogP contribution in [-0.4, -0.2) is 20.2 Å². The average molecular weight is 320 g/mol. The molecule has 1 heterocycles. The Hall–Kier alpha value is -3.73. The van der Waals surface area contributed by atoms with Gasteiger partial charge in [-0.25, -0.2) is 4.98 Å². The van der Waals surface area contributed by atoms with Crippen molar-refractivity contribution in [2.45, 2.75) is 0 Å². The Morgan fingerprint density at radius 1 is 1.29 bits per heavy atom. The van der Waals surface area contributed by atoms with E-state index < -0.39 is 4.92 Å². The molecule has 0 bridgehead atoms. The first-order chi connectivity index (χ1) is 11.6. The highest BCUT2D eigenvalue weighted by Gasteiger charge is 2.13. The smallest absolute Gasteiger partial charge is 0.269 e. The van der Waals surface area contributed by atoms with E-state index in [2.05, 4.69) is 15.5 Å². The molecule has 0 amide bonds. The molecule has 0 fully saturated rings. The van der Waals surface area contributed by atoms with Crippen molar-refractivity contribution in [3.63, 3.8) is 0 Å². The lowest BCUT2D eigenvalue weighted by Crippen LogP contribution is -2.08. The number of para-hydroxylation sites is 2. The third-order valence-corrected chi connectivity index (χ3v) is 3.48. The Morgan fingerprint density at radius 2 is 2.00 bits per heavy atom. The first-order valence-electron chi connectivity index (χ1n) is 7.00. The molecule has 0 aliphatic rings. The molecule has 0 radical (unpaired) electrons. The van der Waals surface area contributed by atoms with Crippen molar-refractivity contribution in [2.24, 2.45) is 12.1 Å². The lowest BCUT2D eigenvalue weighted by Gasteiger charge is -2.02. The third kappa shape index (κ3) is 2.78. The summed E-state index contributed by atoms with van der Waals surface area (Å²) in [6.45, 7) is 0. The largest absolute Gasteiger partial charge is 0.325 e. The van der Waals surface area contributed by atoms with Crippen LogP contribution in [0.5, 0.6) is 0 Å². The summed E-state index contributed by atoms with van der Waals surface area (Å²) in [5.41, 5.74) is 5.03. The summed E-state index contributed by atoms with van der Waals surface area (Å²) in [6, 6.07) is 15.3. The molecule has 2 aromatic carbocycles. The Bertz CT molecular complexity index is 982. The molecular formula is C16H12N6O2. The molecule has 1 N–H and O–H groups in total. The van der Waals surface area contributed by atoms with Crippen LogP contribution in [0.2, 0.25) is 0 Å². The molecule has 0 saturated heterocycles. The SMILES string of the molecule is Cn1c(/C(C#N)=N\Nc2ccc([N+](=O)[O-])cc2)nc2ccccc21. The second kappa shape index (κ2) is 6.18. The van der Waals surface area contributed by atoms with Gasteiger partial charge in [-0.15, -0.1) is 0 Å². The Morgan fingerprint density at radius 3 is 2.62 bits per heavy atom. The van der Waals surface area contributed by atoms with Crippen LogP contribution in [0.15, 0.2) is 53.6 Å². The van der Waals surface area contributed by atoms with Gasteiger partial charge < -0.3 is 4.57 Å². The van der Waals surface area contributed by atoms with Gasteiger partial charge in [-0.05, 0) is 24.3 Å². The van der Waals surface area contributed by atoms with Crippen molar-refractivity contribution in [3.05, 3.63) is 64.5 Å². The standard InChI is InChI=1S/C16H12N6O2/c1-21-15-5-3-2-4-13(15)18-16(21)14(10-17)20-19-11-6-8-12(9-7-11)22(23)24/h2-9,19H,1H3/b20-14-. The fourth-order valence-corrected chi connectivity index (χ4v) is 2.26. The topological polar surface area (TPSA) is 109 Å². The second-order valence-electron chi connectivity index (χ2n) is 4.97. The molecule has 8 heteroatoms. The molecule has 8 nitrogen and oxygen atoms in total. The van der Waals surface area contributed by atoms with Crippen LogP contribution in [0.4, 0.5) is 11.4 Å². The number of nitro benzene ring substituents is 1. The summed E-state index contributed by atoms with van der Waals surface area (Å²) < 4.78 is 1.79. The highest BCUT2D eigenvalue weighted by molar-refractivity contribution is 6.11. The molecule has 1 aromatic heterocycles. The molecule has 0 aliphatic carbocycles. The van der Waals surface area contributed by atoms with E-state index in [1.165, 1.54) is 24.3 Å². The number of non-ortho nitro benzene ring substituents is 1. The van der Waals surface area contributed by atoms with Crippen molar-refractivity contribution >= 4 is 28.1 Å². The van der Waals surface area contributed by atoms with E-state index in [0.717, 1.165) is 11.0 Å². The highest BCUT2D eigenvalue weighted by Crippen LogP contribution is 2.17. The molecule has 3 rings (SSSR count). The fourth-order valence-electron chi connectivity index (χ4n) is 2.26. The third-order valence-electron chi connectivity index (χ3n) is 3.48. The molecule has 24 heavy (non-hydrogen) atoms. The van der Waals surface area contributed by atoms with Crippen LogP contribution in [-0.2, 0) is 7.05 Å². The second-order valence-corrected chi connectivity index (χ2v) is 4.97. The van der Waals surface area contributed by atoms with Gasteiger partial charge in [0.15, 0.2) is 5.82 Å². The Kier molecular flexibility index (Phi) is 3.91. The van der Waals surface area contributed by atoms with E-state index >= 15 is 0 Å². The van der Waals surface area contributed by atoms with Crippen molar-refractivity contribution in [1.82, 2.24) is 9.55 Å². The number of nitriles is 1. The molecule has 0 saturated carbocycles. The molecule has 0 unspecified atom stereocenters. The van der Waals surface area contributed by atoms with Gasteiger partial charge >= 0.3 is 0 Å². The fraction of sp³-hybridized carbons (Fsp3) is 0.0625. The first-order valence-corrected chi connectivity index (χ1v) is 7.00. The summed E-state index contributed by atoms with van der Waals surface area (Å²) in [7, 11) is 1.81. The minimum Gasteiger partial charge on any atom is -0.325 e. The van der Waals surface area contributed by atoms with Gasteiger partial charge in [0.25, 0.3) is 5.69 Å². The number of benzene rings is 2. The van der Waals surface area contributed by atoms with Gasteiger partial charge in [-0.2, -0.15) is 10.4 Å². The van der Waals surface area contributed by atoms with E-state index in [0.29, 0.717) is 11.5 Å². The number of aryl methyl sites for hydroxylation is 1. The maximum Gasteiger partial charge on any atom is 0.269 e. The van der Waals surface area contributed by atoms with Gasteiger partial charge in [0, 0.05) is 19.2 Å². The summed E-state index contributed by atoms with van der Waals surface area (Å²) in [5.74, 6) is 0.438. The Labute approximate surface area is 136 Å². The van der Waals surface area contributed by atoms with Crippen LogP contribution in [0.3, 0.4) is 0 Å². The minimum atomic E-state index is -0.479. The first kappa shape index (κ1) is 15.2. The molecule has 0 aliphatic heterocycles. The van der Waals surface area contributed by atoms with E-state index in [9.17, 15) is 15.4 Å². The maximum absolute atomic E-state index is 10.6. The zero-order chi connectivity index (χ0) is 17.1. The minimum absolute atomic E-state index is 0.0135. The number of aromatic nitrogens is 2. The zero-order valence-corrected chi connectivity index (χ0v) is 12.7. The number of rotatable bonds is 4. The van der Waals surface area contributed by atoms with Crippen molar-refractivity contribution in [3.8, 4) is 6.07 Å². The number of imidazole rings is 1. The van der Waals surface area contributed by atoms with Crippen molar-refractivity contribution in [2.75, 3.05) is 5.43 Å². The van der Waals surface area contributed by atoms with Crippen LogP contribution in [0, 0.1) is 21.4 Å². The van der Waals surface area contributed by atoms with Gasteiger partial charge in [0.2, 0.25) is 5.71 Å². The molecule has 0 spiro atoms. The summed E-state index contributed by atoms with van der Waals surface area (Å²) in [5, 5.41) is 24.1. The number of fused-ring (bicyclic) bond motifs is 1. The Balaban J connectivity index is 1.90. The average Bonchev–Trinajstić information content (AvgIpc) is 2.93. The van der Waals surface area contributed by atoms with Gasteiger partial charge in [0.1, 0.15) is 6.07 Å². The zero-order valence-electron chi connectivity index (χ0n) is 12.7. The van der Waals surface area contributed by atoms with E-state index in [4.69, 9.17) is 0 Å². The highest BCUT2D eigenvalue weighted by atomic mass is 16.6. The van der Waals surface area contributed by atoms with Crippen molar-refractivity contribution in [1.29, 1.82) is 5.26 Å². The predicted octanol–water partition coefficient (Wildman–Crippen LogP) is 2.82. The van der Waals surface area contributed by atoms with Crippen LogP contribution >= 0.6 is 0 Å². The number of nitro groups is 1. The number of nitrogens with zero attached hydrogens (tertiary/aromatic N) is 5. The molecule has 3 aromatic rings. The number of anilines is 1. The van der Waals surface area contributed by atoms with E-state index in [-0.39, 0.29) is 11.4 Å². The number of nitrogens with one attached hydrogen (secondary N) is 1. The van der Waals surface area contributed by atoms with Gasteiger partial charge in [0.05, 0.1) is 21.6 Å². The van der Waals surface area contributed by atoms with Gasteiger partial charge in [-0.3, -0.25) is 15.5 Å². The number of hydrazone groups is 1. The van der Waals surface area contributed by atoms with Gasteiger partial charge in [-0.1, -0.05) is 12.1 Å². The van der Waals surface area contributed by atoms with Crippen molar-refractivity contribution < 1.29 is 4.92 Å². The molecule has 0 atom stereocenters. The quantitative estimate of drug-likeness (QED) is 0.451. The number of hydrogen-bond acceptors (Lipinski definition) is 6. The summed E-state index contributed by atoms with van der Waals surface area (Å²) in [4.78, 5) is 14.6. The van der Waals surface area contributed by atoms with Crippen LogP contribution in [0.1, 0.15) is 5.82 Å². The summed E-state index contributed by atoms with van der Waals surface area (Å²) in [6.07, 6.45) is 0. The van der Waals surface area contributed by atoms with Crippen LogP contribution < -0.4 is 5.43 Å². The monoisotopic (exact) mass is 320 g/mol. The lowest BCUT2D eigenvalue weighted by atomic mass is 10.3. The maximum atomic E-state index is 10.6. The summed E-state index contributed by atoms with van der Waals surface area (Å²) >= 11 is 0. The van der Waals surface area contributed by atoms with Crippen LogP contribution in [0.25, 0.3) is 11.0 Å². The number of hydrogen-bond donors (Lipinski definition) is 1. The predicted molar refractivity (Wildman–Crippen MR) is 89.6 cm³/mol. The van der Waals surface area contributed by atoms with E-state index in [1.54, 1.807) is 4.57 Å². The van der Waals surface area contributed by atoms with E-state index in [1.807, 2.05) is 37.4 Å². The normalized spacial score (nSPS) is 11.2. The lowest BCUT2D eigenvalue weighted by molar-refractivity contribution is -0.384. The molecular weight excluding hydrogens is 308 g/mol.